The molecule has 1 saturated carbocycles. The largest absolute Gasteiger partial charge is 0.497 e. The van der Waals surface area contributed by atoms with Gasteiger partial charge in [0.2, 0.25) is 5.91 Å². The van der Waals surface area contributed by atoms with Gasteiger partial charge in [0, 0.05) is 43.8 Å². The fraction of sp³-hybridized carbons (Fsp3) is 0.462. The van der Waals surface area contributed by atoms with Gasteiger partial charge in [0.05, 0.1) is 7.11 Å². The lowest BCUT2D eigenvalue weighted by molar-refractivity contribution is -0.127. The fourth-order valence-electron chi connectivity index (χ4n) is 4.73. The van der Waals surface area contributed by atoms with Crippen LogP contribution in [-0.2, 0) is 11.3 Å². The highest BCUT2D eigenvalue weighted by Gasteiger charge is 2.42. The summed E-state index contributed by atoms with van der Waals surface area (Å²) in [6.45, 7) is 2.18. The number of ether oxygens (including phenoxy) is 1. The van der Waals surface area contributed by atoms with Crippen LogP contribution in [0.25, 0.3) is 0 Å². The van der Waals surface area contributed by atoms with Crippen LogP contribution < -0.4 is 15.8 Å². The number of nitrogens with two attached hydrogens (primary N) is 1. The molecule has 2 amide bonds. The molecule has 1 aliphatic heterocycles. The number of piperidine rings is 1. The maximum Gasteiger partial charge on any atom is 0.254 e. The van der Waals surface area contributed by atoms with Crippen molar-refractivity contribution in [1.82, 2.24) is 15.1 Å². The summed E-state index contributed by atoms with van der Waals surface area (Å²) in [5, 5.41) is 2.91. The van der Waals surface area contributed by atoms with Crippen LogP contribution in [0.4, 0.5) is 0 Å². The number of amides is 2. The number of carbonyl (C=O) groups is 2. The van der Waals surface area contributed by atoms with E-state index in [1.165, 1.54) is 18.4 Å². The second kappa shape index (κ2) is 10.8. The van der Waals surface area contributed by atoms with Gasteiger partial charge in [0.1, 0.15) is 11.8 Å². The average Bonchev–Trinajstić information content (AvgIpc) is 3.71. The molecule has 7 nitrogen and oxygen atoms in total. The summed E-state index contributed by atoms with van der Waals surface area (Å²) in [5.41, 5.74) is 7.43. The predicted molar refractivity (Wildman–Crippen MR) is 128 cm³/mol. The Morgan fingerprint density at radius 2 is 1.88 bits per heavy atom. The summed E-state index contributed by atoms with van der Waals surface area (Å²) < 4.78 is 5.29. The van der Waals surface area contributed by atoms with Gasteiger partial charge in [0.25, 0.3) is 5.91 Å². The highest BCUT2D eigenvalue weighted by Crippen LogP contribution is 2.35. The normalized spacial score (nSPS) is 20.5. The van der Waals surface area contributed by atoms with Crippen molar-refractivity contribution in [3.8, 4) is 5.75 Å². The van der Waals surface area contributed by atoms with Crippen molar-refractivity contribution in [2.75, 3.05) is 26.7 Å². The van der Waals surface area contributed by atoms with Crippen molar-refractivity contribution < 1.29 is 14.3 Å². The second-order valence-electron chi connectivity index (χ2n) is 8.89. The van der Waals surface area contributed by atoms with Gasteiger partial charge < -0.3 is 20.7 Å². The number of carbonyl (C=O) groups excluding carboxylic acids is 2. The molecule has 1 aliphatic carbocycles. The van der Waals surface area contributed by atoms with Gasteiger partial charge in [-0.2, -0.15) is 0 Å². The molecule has 2 aromatic rings. The van der Waals surface area contributed by atoms with E-state index in [-0.39, 0.29) is 17.9 Å². The van der Waals surface area contributed by atoms with Crippen LogP contribution in [0.1, 0.15) is 41.6 Å². The average molecular weight is 451 g/mol. The molecule has 1 heterocycles. The van der Waals surface area contributed by atoms with Crippen LogP contribution >= 0.6 is 0 Å². The van der Waals surface area contributed by atoms with Crippen molar-refractivity contribution in [2.24, 2.45) is 5.73 Å². The molecule has 0 radical (unpaired) electrons. The van der Waals surface area contributed by atoms with Crippen molar-refractivity contribution in [3.05, 3.63) is 65.7 Å². The van der Waals surface area contributed by atoms with Crippen LogP contribution in [0.5, 0.6) is 5.75 Å². The highest BCUT2D eigenvalue weighted by molar-refractivity contribution is 5.98. The van der Waals surface area contributed by atoms with E-state index >= 15 is 0 Å². The Kier molecular flexibility index (Phi) is 7.62. The number of hydrogen-bond donors (Lipinski definition) is 2. The number of hydrogen-bond acceptors (Lipinski definition) is 5. The minimum absolute atomic E-state index is 0.128. The number of benzene rings is 2. The smallest absolute Gasteiger partial charge is 0.254 e. The molecular weight excluding hydrogens is 416 g/mol. The molecule has 176 valence electrons. The molecule has 0 spiro atoms. The number of rotatable bonds is 9. The minimum Gasteiger partial charge on any atom is -0.497 e. The second-order valence-corrected chi connectivity index (χ2v) is 8.89. The Morgan fingerprint density at radius 3 is 2.58 bits per heavy atom. The van der Waals surface area contributed by atoms with E-state index in [0.717, 1.165) is 13.0 Å². The molecule has 4 rings (SSSR count). The van der Waals surface area contributed by atoms with E-state index in [1.54, 1.807) is 30.2 Å². The lowest BCUT2D eigenvalue weighted by Crippen LogP contribution is -2.57. The first-order chi connectivity index (χ1) is 16.1. The third-order valence-electron chi connectivity index (χ3n) is 6.59. The van der Waals surface area contributed by atoms with Crippen LogP contribution in [0.2, 0.25) is 0 Å². The maximum atomic E-state index is 13.4. The van der Waals surface area contributed by atoms with Gasteiger partial charge in [-0.05, 0) is 49.4 Å². The molecule has 1 unspecified atom stereocenters. The third-order valence-corrected chi connectivity index (χ3v) is 6.59. The van der Waals surface area contributed by atoms with Crippen molar-refractivity contribution in [1.29, 1.82) is 0 Å². The Bertz CT molecular complexity index is 948. The first-order valence-corrected chi connectivity index (χ1v) is 11.8. The molecule has 2 atom stereocenters. The summed E-state index contributed by atoms with van der Waals surface area (Å²) in [6.07, 6.45) is 3.86. The zero-order valence-corrected chi connectivity index (χ0v) is 19.3. The number of nitrogens with one attached hydrogen (secondary N) is 1. The number of likely N-dealkylation sites (tertiary alicyclic amines) is 1. The van der Waals surface area contributed by atoms with Gasteiger partial charge in [-0.3, -0.25) is 14.5 Å². The molecular formula is C26H34N4O3. The van der Waals surface area contributed by atoms with E-state index in [9.17, 15) is 9.59 Å². The number of methoxy groups -OCH3 is 1. The van der Waals surface area contributed by atoms with Gasteiger partial charge in [-0.25, -0.2) is 0 Å². The summed E-state index contributed by atoms with van der Waals surface area (Å²) in [6, 6.07) is 17.9. The summed E-state index contributed by atoms with van der Waals surface area (Å²) >= 11 is 0. The molecule has 7 heteroatoms. The summed E-state index contributed by atoms with van der Waals surface area (Å²) in [5.74, 6) is 0.362. The monoisotopic (exact) mass is 450 g/mol. The highest BCUT2D eigenvalue weighted by atomic mass is 16.5. The lowest BCUT2D eigenvalue weighted by atomic mass is 9.93. The molecule has 2 fully saturated rings. The van der Waals surface area contributed by atoms with E-state index in [0.29, 0.717) is 43.4 Å². The zero-order valence-electron chi connectivity index (χ0n) is 19.3. The van der Waals surface area contributed by atoms with E-state index in [2.05, 4.69) is 34.5 Å². The molecule has 33 heavy (non-hydrogen) atoms. The Hall–Kier alpha value is -2.90. The Balaban J connectivity index is 1.54. The molecule has 2 aromatic carbocycles. The SMILES string of the molecule is COc1cccc(C(=O)N2CCC(N(Cc3ccccc3)C3CC3)C[C@@H]2C(=O)NCCN)c1. The van der Waals surface area contributed by atoms with Crippen LogP contribution in [0.15, 0.2) is 54.6 Å². The van der Waals surface area contributed by atoms with Crippen molar-refractivity contribution >= 4 is 11.8 Å². The van der Waals surface area contributed by atoms with Gasteiger partial charge in [-0.1, -0.05) is 36.4 Å². The van der Waals surface area contributed by atoms with E-state index in [1.807, 2.05) is 12.1 Å². The standard InChI is InChI=1S/C26H34N4O3/c1-33-23-9-5-8-20(16-23)26(32)29-15-12-22(17-24(29)25(31)28-14-13-27)30(21-10-11-21)18-19-6-3-2-4-7-19/h2-9,16,21-22,24H,10-15,17-18,27H2,1H3,(H,28,31)/t22?,24-/m1/s1. The summed E-state index contributed by atoms with van der Waals surface area (Å²) in [4.78, 5) is 30.8. The van der Waals surface area contributed by atoms with Crippen LogP contribution in [-0.4, -0.2) is 66.5 Å². The Morgan fingerprint density at radius 1 is 1.09 bits per heavy atom. The topological polar surface area (TPSA) is 87.9 Å². The van der Waals surface area contributed by atoms with E-state index in [4.69, 9.17) is 10.5 Å². The first kappa shape index (κ1) is 23.3. The van der Waals surface area contributed by atoms with E-state index < -0.39 is 6.04 Å². The summed E-state index contributed by atoms with van der Waals surface area (Å²) in [7, 11) is 1.58. The van der Waals surface area contributed by atoms with Crippen LogP contribution in [0, 0.1) is 0 Å². The molecule has 0 bridgehead atoms. The fourth-order valence-corrected chi connectivity index (χ4v) is 4.73. The zero-order chi connectivity index (χ0) is 23.2. The third kappa shape index (κ3) is 5.72. The van der Waals surface area contributed by atoms with Crippen molar-refractivity contribution in [3.63, 3.8) is 0 Å². The van der Waals surface area contributed by atoms with Gasteiger partial charge in [-0.15, -0.1) is 0 Å². The minimum atomic E-state index is -0.522. The molecule has 0 aromatic heterocycles. The predicted octanol–water partition coefficient (Wildman–Crippen LogP) is 2.41. The maximum absolute atomic E-state index is 13.4. The molecule has 2 aliphatic rings. The molecule has 1 saturated heterocycles. The lowest BCUT2D eigenvalue weighted by Gasteiger charge is -2.43. The van der Waals surface area contributed by atoms with Crippen LogP contribution in [0.3, 0.4) is 0 Å². The van der Waals surface area contributed by atoms with Gasteiger partial charge >= 0.3 is 0 Å². The first-order valence-electron chi connectivity index (χ1n) is 11.8. The van der Waals surface area contributed by atoms with Gasteiger partial charge in [0.15, 0.2) is 0 Å². The Labute approximate surface area is 195 Å². The molecule has 3 N–H and O–H groups in total. The quantitative estimate of drug-likeness (QED) is 0.613. The van der Waals surface area contributed by atoms with Crippen molar-refractivity contribution in [2.45, 2.75) is 50.4 Å². The number of nitrogens with zero attached hydrogens (tertiary/aromatic N) is 2.